The van der Waals surface area contributed by atoms with E-state index in [1.165, 1.54) is 12.1 Å². The molecule has 7 nitrogen and oxygen atoms in total. The summed E-state index contributed by atoms with van der Waals surface area (Å²) < 4.78 is 0.893. The molecule has 0 aliphatic carbocycles. The quantitative estimate of drug-likeness (QED) is 0.679. The van der Waals surface area contributed by atoms with Gasteiger partial charge in [-0.05, 0) is 30.3 Å². The largest absolute Gasteiger partial charge is 0.350 e. The van der Waals surface area contributed by atoms with E-state index < -0.39 is 5.91 Å². The Hall–Kier alpha value is -2.48. The van der Waals surface area contributed by atoms with E-state index in [1.807, 2.05) is 0 Å². The van der Waals surface area contributed by atoms with Crippen LogP contribution in [-0.4, -0.2) is 35.1 Å². The molecule has 0 saturated heterocycles. The second kappa shape index (κ2) is 7.51. The molecule has 0 saturated carbocycles. The fraction of sp³-hybridized carbons (Fsp3) is 0.143. The number of aromatic nitrogens is 2. The number of carbonyl (C=O) groups excluding carboxylic acids is 2. The minimum Gasteiger partial charge on any atom is -0.350 e. The van der Waals surface area contributed by atoms with Gasteiger partial charge in [0.1, 0.15) is 5.69 Å². The lowest BCUT2D eigenvalue weighted by atomic mass is 10.2. The average molecular weight is 365 g/mol. The summed E-state index contributed by atoms with van der Waals surface area (Å²) in [6, 6.07) is 9.49. The number of carbonyl (C=O) groups is 2. The van der Waals surface area contributed by atoms with Gasteiger partial charge in [-0.3, -0.25) is 14.4 Å². The van der Waals surface area contributed by atoms with Gasteiger partial charge in [0.2, 0.25) is 0 Å². The van der Waals surface area contributed by atoms with E-state index in [4.69, 9.17) is 0 Å². The van der Waals surface area contributed by atoms with Gasteiger partial charge in [-0.15, -0.1) is 0 Å². The van der Waals surface area contributed by atoms with Crippen LogP contribution in [0.5, 0.6) is 0 Å². The standard InChI is InChI=1S/C14H13BrN4O3/c15-10-3-1-9(2-4-10)13(21)16-7-8-17-14(22)11-5-6-12(20)19-18-11/h1-6H,7-8H2,(H,16,21)(H,17,22)(H,19,20). The highest BCUT2D eigenvalue weighted by Crippen LogP contribution is 2.10. The van der Waals surface area contributed by atoms with Crippen molar-refractivity contribution in [3.8, 4) is 0 Å². The van der Waals surface area contributed by atoms with Crippen LogP contribution in [-0.2, 0) is 0 Å². The third-order valence-electron chi connectivity index (χ3n) is 2.71. The molecule has 0 aliphatic rings. The molecule has 0 bridgehead atoms. The molecule has 0 spiro atoms. The van der Waals surface area contributed by atoms with Crippen molar-refractivity contribution >= 4 is 27.7 Å². The molecule has 0 radical (unpaired) electrons. The average Bonchev–Trinajstić information content (AvgIpc) is 2.52. The number of benzene rings is 1. The van der Waals surface area contributed by atoms with Crippen LogP contribution < -0.4 is 16.2 Å². The Balaban J connectivity index is 1.76. The van der Waals surface area contributed by atoms with Crippen molar-refractivity contribution < 1.29 is 9.59 Å². The minimum absolute atomic E-state index is 0.110. The lowest BCUT2D eigenvalue weighted by Crippen LogP contribution is -2.35. The highest BCUT2D eigenvalue weighted by atomic mass is 79.9. The summed E-state index contributed by atoms with van der Waals surface area (Å²) in [4.78, 5) is 34.3. The molecule has 2 amide bonds. The van der Waals surface area contributed by atoms with Crippen molar-refractivity contribution in [3.63, 3.8) is 0 Å². The van der Waals surface area contributed by atoms with Gasteiger partial charge >= 0.3 is 0 Å². The number of hydrogen-bond acceptors (Lipinski definition) is 4. The molecule has 1 heterocycles. The lowest BCUT2D eigenvalue weighted by molar-refractivity contribution is 0.0924. The number of hydrogen-bond donors (Lipinski definition) is 3. The minimum atomic E-state index is -0.422. The third-order valence-corrected chi connectivity index (χ3v) is 3.24. The predicted octanol–water partition coefficient (Wildman–Crippen LogP) is 0.692. The van der Waals surface area contributed by atoms with Crippen molar-refractivity contribution in [2.45, 2.75) is 0 Å². The van der Waals surface area contributed by atoms with E-state index in [0.717, 1.165) is 4.47 Å². The van der Waals surface area contributed by atoms with E-state index in [0.29, 0.717) is 5.56 Å². The first-order valence-electron chi connectivity index (χ1n) is 6.44. The van der Waals surface area contributed by atoms with Gasteiger partial charge in [-0.2, -0.15) is 5.10 Å². The van der Waals surface area contributed by atoms with Gasteiger partial charge in [-0.1, -0.05) is 15.9 Å². The van der Waals surface area contributed by atoms with Gasteiger partial charge in [0.25, 0.3) is 17.4 Å². The fourth-order valence-electron chi connectivity index (χ4n) is 1.62. The molecule has 0 aliphatic heterocycles. The monoisotopic (exact) mass is 364 g/mol. The van der Waals surface area contributed by atoms with Crippen LogP contribution in [0.4, 0.5) is 0 Å². The summed E-state index contributed by atoms with van der Waals surface area (Å²) in [5.41, 5.74) is 0.272. The van der Waals surface area contributed by atoms with E-state index >= 15 is 0 Å². The van der Waals surface area contributed by atoms with Crippen molar-refractivity contribution in [2.75, 3.05) is 13.1 Å². The number of rotatable bonds is 5. The maximum atomic E-state index is 11.8. The maximum Gasteiger partial charge on any atom is 0.271 e. The molecule has 114 valence electrons. The topological polar surface area (TPSA) is 104 Å². The molecule has 2 rings (SSSR count). The van der Waals surface area contributed by atoms with Gasteiger partial charge in [-0.25, -0.2) is 5.10 Å². The number of H-pyrrole nitrogens is 1. The Kier molecular flexibility index (Phi) is 5.42. The lowest BCUT2D eigenvalue weighted by Gasteiger charge is -2.06. The first kappa shape index (κ1) is 15.9. The molecular weight excluding hydrogens is 352 g/mol. The maximum absolute atomic E-state index is 11.8. The SMILES string of the molecule is O=C(NCCNC(=O)c1ccc(=O)[nH]n1)c1ccc(Br)cc1. The van der Waals surface area contributed by atoms with Crippen LogP contribution in [0.15, 0.2) is 45.7 Å². The van der Waals surface area contributed by atoms with Crippen LogP contribution in [0.2, 0.25) is 0 Å². The number of halogens is 1. The summed E-state index contributed by atoms with van der Waals surface area (Å²) in [5.74, 6) is -0.641. The summed E-state index contributed by atoms with van der Waals surface area (Å²) in [7, 11) is 0. The zero-order chi connectivity index (χ0) is 15.9. The highest BCUT2D eigenvalue weighted by Gasteiger charge is 2.07. The normalized spacial score (nSPS) is 10.0. The second-order valence-corrected chi connectivity index (χ2v) is 5.24. The number of aromatic amines is 1. The van der Waals surface area contributed by atoms with E-state index in [2.05, 4.69) is 36.8 Å². The molecule has 22 heavy (non-hydrogen) atoms. The Morgan fingerprint density at radius 3 is 2.23 bits per heavy atom. The number of amides is 2. The van der Waals surface area contributed by atoms with Crippen LogP contribution in [0.3, 0.4) is 0 Å². The fourth-order valence-corrected chi connectivity index (χ4v) is 1.88. The van der Waals surface area contributed by atoms with E-state index in [1.54, 1.807) is 24.3 Å². The van der Waals surface area contributed by atoms with Crippen molar-refractivity contribution in [1.82, 2.24) is 20.8 Å². The summed E-state index contributed by atoms with van der Waals surface area (Å²) >= 11 is 3.29. The van der Waals surface area contributed by atoms with Crippen molar-refractivity contribution in [1.29, 1.82) is 0 Å². The molecule has 1 aromatic carbocycles. The Morgan fingerprint density at radius 2 is 1.64 bits per heavy atom. The van der Waals surface area contributed by atoms with Crippen molar-refractivity contribution in [3.05, 3.63) is 62.5 Å². The first-order valence-corrected chi connectivity index (χ1v) is 7.23. The van der Waals surface area contributed by atoms with Gasteiger partial charge in [0.15, 0.2) is 0 Å². The molecule has 0 fully saturated rings. The summed E-state index contributed by atoms with van der Waals surface area (Å²) in [5, 5.41) is 11.1. The Bertz CT molecular complexity index is 707. The Morgan fingerprint density at radius 1 is 1.00 bits per heavy atom. The molecule has 0 atom stereocenters. The summed E-state index contributed by atoms with van der Waals surface area (Å²) in [6.07, 6.45) is 0. The van der Waals surface area contributed by atoms with Crippen LogP contribution in [0, 0.1) is 0 Å². The molecule has 3 N–H and O–H groups in total. The Labute approximate surface area is 134 Å². The molecular formula is C14H13BrN4O3. The second-order valence-electron chi connectivity index (χ2n) is 4.33. The van der Waals surface area contributed by atoms with E-state index in [9.17, 15) is 14.4 Å². The van der Waals surface area contributed by atoms with Crippen LogP contribution >= 0.6 is 15.9 Å². The van der Waals surface area contributed by atoms with E-state index in [-0.39, 0.29) is 30.2 Å². The highest BCUT2D eigenvalue weighted by molar-refractivity contribution is 9.10. The smallest absolute Gasteiger partial charge is 0.271 e. The van der Waals surface area contributed by atoms with Crippen LogP contribution in [0.25, 0.3) is 0 Å². The first-order chi connectivity index (χ1) is 10.6. The van der Waals surface area contributed by atoms with Crippen LogP contribution in [0.1, 0.15) is 20.8 Å². The predicted molar refractivity (Wildman–Crippen MR) is 83.7 cm³/mol. The third kappa shape index (κ3) is 4.52. The molecule has 1 aromatic heterocycles. The zero-order valence-electron chi connectivity index (χ0n) is 11.4. The zero-order valence-corrected chi connectivity index (χ0v) is 13.0. The van der Waals surface area contributed by atoms with Crippen molar-refractivity contribution in [2.24, 2.45) is 0 Å². The molecule has 8 heteroatoms. The van der Waals surface area contributed by atoms with Gasteiger partial charge < -0.3 is 10.6 Å². The molecule has 2 aromatic rings. The van der Waals surface area contributed by atoms with Gasteiger partial charge in [0.05, 0.1) is 0 Å². The number of nitrogens with zero attached hydrogens (tertiary/aromatic N) is 1. The molecule has 0 unspecified atom stereocenters. The summed E-state index contributed by atoms with van der Waals surface area (Å²) in [6.45, 7) is 0.534. The van der Waals surface area contributed by atoms with Gasteiger partial charge in [0, 0.05) is 29.2 Å². The number of nitrogens with one attached hydrogen (secondary N) is 3.